The van der Waals surface area contributed by atoms with Crippen molar-refractivity contribution in [3.8, 4) is 22.8 Å². The van der Waals surface area contributed by atoms with Gasteiger partial charge in [-0.3, -0.25) is 9.89 Å². The molecular formula is C20H19ClN4O3. The van der Waals surface area contributed by atoms with E-state index in [1.165, 1.54) is 0 Å². The second-order valence-electron chi connectivity index (χ2n) is 5.88. The monoisotopic (exact) mass is 398 g/mol. The Labute approximate surface area is 167 Å². The van der Waals surface area contributed by atoms with Crippen molar-refractivity contribution < 1.29 is 14.3 Å². The number of halogens is 1. The fraction of sp³-hybridized carbons (Fsp3) is 0.150. The van der Waals surface area contributed by atoms with Crippen LogP contribution in [0, 0.1) is 0 Å². The number of hydrazone groups is 1. The summed E-state index contributed by atoms with van der Waals surface area (Å²) in [7, 11) is 3.13. The molecule has 0 unspecified atom stereocenters. The van der Waals surface area contributed by atoms with E-state index in [4.69, 9.17) is 21.1 Å². The molecule has 0 bridgehead atoms. The minimum atomic E-state index is -0.396. The lowest BCUT2D eigenvalue weighted by Gasteiger charge is -2.08. The van der Waals surface area contributed by atoms with Crippen LogP contribution in [0.5, 0.6) is 11.5 Å². The summed E-state index contributed by atoms with van der Waals surface area (Å²) in [5.74, 6) is 0.802. The van der Waals surface area contributed by atoms with Gasteiger partial charge in [0, 0.05) is 10.6 Å². The number of H-pyrrole nitrogens is 1. The van der Waals surface area contributed by atoms with Gasteiger partial charge in [-0.15, -0.1) is 0 Å². The molecule has 1 amide bonds. The van der Waals surface area contributed by atoms with Crippen LogP contribution < -0.4 is 14.9 Å². The van der Waals surface area contributed by atoms with E-state index in [9.17, 15) is 4.79 Å². The summed E-state index contributed by atoms with van der Waals surface area (Å²) in [6.07, 6.45) is 0. The Morgan fingerprint density at radius 2 is 1.79 bits per heavy atom. The van der Waals surface area contributed by atoms with Crippen molar-refractivity contribution >= 4 is 23.2 Å². The second-order valence-corrected chi connectivity index (χ2v) is 6.32. The van der Waals surface area contributed by atoms with Crippen LogP contribution in [0.2, 0.25) is 5.02 Å². The summed E-state index contributed by atoms with van der Waals surface area (Å²) in [4.78, 5) is 12.3. The lowest BCUT2D eigenvalue weighted by atomic mass is 10.1. The van der Waals surface area contributed by atoms with E-state index < -0.39 is 5.91 Å². The number of benzene rings is 2. The van der Waals surface area contributed by atoms with E-state index in [0.29, 0.717) is 27.9 Å². The first kappa shape index (κ1) is 19.4. The van der Waals surface area contributed by atoms with Crippen molar-refractivity contribution in [1.29, 1.82) is 0 Å². The molecule has 144 valence electrons. The number of aromatic amines is 1. The summed E-state index contributed by atoms with van der Waals surface area (Å²) in [6.45, 7) is 1.80. The Hall–Kier alpha value is -3.32. The lowest BCUT2D eigenvalue weighted by molar-refractivity contribution is 0.0950. The number of aromatic nitrogens is 2. The molecule has 0 aliphatic carbocycles. The van der Waals surface area contributed by atoms with Gasteiger partial charge in [0.05, 0.1) is 25.6 Å². The van der Waals surface area contributed by atoms with Crippen molar-refractivity contribution in [3.05, 3.63) is 64.8 Å². The van der Waals surface area contributed by atoms with Crippen LogP contribution >= 0.6 is 11.6 Å². The number of hydrogen-bond acceptors (Lipinski definition) is 5. The average Bonchev–Trinajstić information content (AvgIpc) is 3.22. The Kier molecular flexibility index (Phi) is 5.96. The van der Waals surface area contributed by atoms with E-state index >= 15 is 0 Å². The van der Waals surface area contributed by atoms with Gasteiger partial charge < -0.3 is 9.47 Å². The summed E-state index contributed by atoms with van der Waals surface area (Å²) in [5, 5.41) is 11.7. The molecule has 2 N–H and O–H groups in total. The molecule has 1 aromatic heterocycles. The SMILES string of the molecule is COc1ccc(-c2cc(C(=O)N/N=C(/C)c3ccc(Cl)cc3)[nH]n2)cc1OC. The number of amides is 1. The van der Waals surface area contributed by atoms with Crippen LogP contribution in [0.3, 0.4) is 0 Å². The second kappa shape index (κ2) is 8.58. The maximum absolute atomic E-state index is 12.3. The molecule has 28 heavy (non-hydrogen) atoms. The average molecular weight is 399 g/mol. The molecule has 0 atom stereocenters. The van der Waals surface area contributed by atoms with Gasteiger partial charge in [-0.25, -0.2) is 5.43 Å². The first-order valence-electron chi connectivity index (χ1n) is 8.40. The van der Waals surface area contributed by atoms with Crippen molar-refractivity contribution in [3.63, 3.8) is 0 Å². The number of ether oxygens (including phenoxy) is 2. The molecule has 7 nitrogen and oxygen atoms in total. The molecule has 0 saturated carbocycles. The molecule has 0 spiro atoms. The van der Waals surface area contributed by atoms with Crippen molar-refractivity contribution in [2.45, 2.75) is 6.92 Å². The van der Waals surface area contributed by atoms with Gasteiger partial charge in [-0.2, -0.15) is 10.2 Å². The van der Waals surface area contributed by atoms with E-state index in [1.54, 1.807) is 51.5 Å². The fourth-order valence-corrected chi connectivity index (χ4v) is 2.66. The molecule has 8 heteroatoms. The molecule has 0 radical (unpaired) electrons. The largest absolute Gasteiger partial charge is 0.493 e. The van der Waals surface area contributed by atoms with Gasteiger partial charge in [0.2, 0.25) is 0 Å². The molecule has 0 aliphatic heterocycles. The molecule has 3 rings (SSSR count). The molecular weight excluding hydrogens is 380 g/mol. The number of nitrogens with one attached hydrogen (secondary N) is 2. The summed E-state index contributed by atoms with van der Waals surface area (Å²) < 4.78 is 10.5. The number of hydrogen-bond donors (Lipinski definition) is 2. The van der Waals surface area contributed by atoms with Gasteiger partial charge in [0.15, 0.2) is 11.5 Å². The topological polar surface area (TPSA) is 88.6 Å². The third-order valence-electron chi connectivity index (χ3n) is 4.09. The molecule has 0 saturated heterocycles. The fourth-order valence-electron chi connectivity index (χ4n) is 2.53. The first-order chi connectivity index (χ1) is 13.5. The van der Waals surface area contributed by atoms with E-state index in [-0.39, 0.29) is 5.69 Å². The smallest absolute Gasteiger partial charge is 0.289 e. The van der Waals surface area contributed by atoms with Gasteiger partial charge in [0.25, 0.3) is 5.91 Å². The highest BCUT2D eigenvalue weighted by atomic mass is 35.5. The van der Waals surface area contributed by atoms with E-state index in [0.717, 1.165) is 11.1 Å². The summed E-state index contributed by atoms with van der Waals surface area (Å²) in [5.41, 5.74) is 5.71. The molecule has 0 aliphatic rings. The number of nitrogens with zero attached hydrogens (tertiary/aromatic N) is 2. The summed E-state index contributed by atoms with van der Waals surface area (Å²) >= 11 is 5.88. The zero-order chi connectivity index (χ0) is 20.1. The van der Waals surface area contributed by atoms with Crippen LogP contribution in [0.25, 0.3) is 11.3 Å². The molecule has 3 aromatic rings. The zero-order valence-corrected chi connectivity index (χ0v) is 16.4. The molecule has 0 fully saturated rings. The van der Waals surface area contributed by atoms with Crippen molar-refractivity contribution in [1.82, 2.24) is 15.6 Å². The predicted octanol–water partition coefficient (Wildman–Crippen LogP) is 3.90. The Bertz CT molecular complexity index is 1010. The first-order valence-corrected chi connectivity index (χ1v) is 8.78. The lowest BCUT2D eigenvalue weighted by Crippen LogP contribution is -2.19. The van der Waals surface area contributed by atoms with Gasteiger partial charge >= 0.3 is 0 Å². The standard InChI is InChI=1S/C20H19ClN4O3/c1-12(13-4-7-15(21)8-5-13)22-25-20(26)17-11-16(23-24-17)14-6-9-18(27-2)19(10-14)28-3/h4-11H,1-3H3,(H,23,24)(H,25,26)/b22-12-. The van der Waals surface area contributed by atoms with Gasteiger partial charge in [0.1, 0.15) is 5.69 Å². The summed E-state index contributed by atoms with van der Waals surface area (Å²) in [6, 6.07) is 14.2. The number of carbonyl (C=O) groups excluding carboxylic acids is 1. The van der Waals surface area contributed by atoms with Crippen LogP contribution in [-0.2, 0) is 0 Å². The minimum Gasteiger partial charge on any atom is -0.493 e. The maximum atomic E-state index is 12.3. The van der Waals surface area contributed by atoms with Gasteiger partial charge in [-0.05, 0) is 48.9 Å². The van der Waals surface area contributed by atoms with E-state index in [1.807, 2.05) is 18.2 Å². The molecule has 1 heterocycles. The Morgan fingerprint density at radius 3 is 2.46 bits per heavy atom. The minimum absolute atomic E-state index is 0.289. The molecule has 2 aromatic carbocycles. The van der Waals surface area contributed by atoms with E-state index in [2.05, 4.69) is 20.7 Å². The highest BCUT2D eigenvalue weighted by Gasteiger charge is 2.13. The zero-order valence-electron chi connectivity index (χ0n) is 15.6. The van der Waals surface area contributed by atoms with Crippen LogP contribution in [0.1, 0.15) is 23.0 Å². The normalized spacial score (nSPS) is 11.2. The number of methoxy groups -OCH3 is 2. The van der Waals surface area contributed by atoms with Crippen LogP contribution in [0.4, 0.5) is 0 Å². The highest BCUT2D eigenvalue weighted by molar-refractivity contribution is 6.30. The Balaban J connectivity index is 1.73. The third-order valence-corrected chi connectivity index (χ3v) is 4.34. The number of rotatable bonds is 6. The third kappa shape index (κ3) is 4.32. The maximum Gasteiger partial charge on any atom is 0.289 e. The quantitative estimate of drug-likeness (QED) is 0.486. The predicted molar refractivity (Wildman–Crippen MR) is 108 cm³/mol. The van der Waals surface area contributed by atoms with Crippen LogP contribution in [0.15, 0.2) is 53.6 Å². The number of carbonyl (C=O) groups is 1. The van der Waals surface area contributed by atoms with Crippen molar-refractivity contribution in [2.24, 2.45) is 5.10 Å². The highest BCUT2D eigenvalue weighted by Crippen LogP contribution is 2.31. The Morgan fingerprint density at radius 1 is 1.07 bits per heavy atom. The van der Waals surface area contributed by atoms with Gasteiger partial charge in [-0.1, -0.05) is 23.7 Å². The van der Waals surface area contributed by atoms with Crippen molar-refractivity contribution in [2.75, 3.05) is 14.2 Å². The van der Waals surface area contributed by atoms with Crippen LogP contribution in [-0.4, -0.2) is 36.0 Å².